The second-order valence-electron chi connectivity index (χ2n) is 4.82. The van der Waals surface area contributed by atoms with Crippen molar-refractivity contribution >= 4 is 27.5 Å². The number of carbonyl (C=O) groups excluding carboxylic acids is 1. The van der Waals surface area contributed by atoms with Crippen LogP contribution in [0.1, 0.15) is 18.4 Å². The first-order valence-electron chi connectivity index (χ1n) is 6.82. The third-order valence-electron chi connectivity index (χ3n) is 3.08. The summed E-state index contributed by atoms with van der Waals surface area (Å²) in [6.07, 6.45) is 1.48. The van der Waals surface area contributed by atoms with Gasteiger partial charge in [-0.3, -0.25) is 4.79 Å². The highest BCUT2D eigenvalue weighted by Crippen LogP contribution is 2.14. The molecule has 2 rings (SSSR count). The molecule has 0 heterocycles. The van der Waals surface area contributed by atoms with Crippen LogP contribution in [-0.2, 0) is 21.2 Å². The molecule has 0 saturated carbocycles. The maximum absolute atomic E-state index is 12.0. The Morgan fingerprint density at radius 1 is 1.00 bits per heavy atom. The molecule has 0 spiro atoms. The Hall–Kier alpha value is -1.85. The summed E-state index contributed by atoms with van der Waals surface area (Å²) in [5.74, 6) is -0.508. The number of hydrogen-bond acceptors (Lipinski definition) is 3. The average Bonchev–Trinajstić information content (AvgIpc) is 2.48. The van der Waals surface area contributed by atoms with E-state index in [1.807, 2.05) is 30.3 Å². The second-order valence-corrected chi connectivity index (χ2v) is 6.94. The topological polar surface area (TPSA) is 63.2 Å². The monoisotopic (exact) mass is 337 g/mol. The van der Waals surface area contributed by atoms with Crippen LogP contribution >= 0.6 is 11.6 Å². The van der Waals surface area contributed by atoms with Crippen LogP contribution in [0.15, 0.2) is 59.5 Å². The fourth-order valence-corrected chi connectivity index (χ4v) is 3.11. The molecular formula is C16H16ClNO3S. The van der Waals surface area contributed by atoms with E-state index in [2.05, 4.69) is 4.72 Å². The third-order valence-corrected chi connectivity index (χ3v) is 4.73. The van der Waals surface area contributed by atoms with Gasteiger partial charge in [0.25, 0.3) is 10.0 Å². The molecule has 4 nitrogen and oxygen atoms in total. The van der Waals surface area contributed by atoms with Gasteiger partial charge >= 0.3 is 0 Å². The molecule has 0 atom stereocenters. The van der Waals surface area contributed by atoms with Crippen molar-refractivity contribution in [2.45, 2.75) is 24.2 Å². The van der Waals surface area contributed by atoms with Gasteiger partial charge in [0.1, 0.15) is 0 Å². The van der Waals surface area contributed by atoms with Crippen LogP contribution in [0.3, 0.4) is 0 Å². The largest absolute Gasteiger partial charge is 0.274 e. The average molecular weight is 338 g/mol. The lowest BCUT2D eigenvalue weighted by atomic mass is 10.1. The Labute approximate surface area is 135 Å². The van der Waals surface area contributed by atoms with E-state index in [1.54, 1.807) is 0 Å². The van der Waals surface area contributed by atoms with E-state index in [-0.39, 0.29) is 11.3 Å². The van der Waals surface area contributed by atoms with Gasteiger partial charge in [-0.15, -0.1) is 0 Å². The number of hydrogen-bond donors (Lipinski definition) is 1. The van der Waals surface area contributed by atoms with Gasteiger partial charge in [-0.2, -0.15) is 0 Å². The van der Waals surface area contributed by atoms with E-state index in [0.717, 1.165) is 12.0 Å². The lowest BCUT2D eigenvalue weighted by Crippen LogP contribution is -2.30. The molecule has 0 bridgehead atoms. The van der Waals surface area contributed by atoms with Gasteiger partial charge in [-0.05, 0) is 42.7 Å². The molecule has 2 aromatic carbocycles. The van der Waals surface area contributed by atoms with Gasteiger partial charge in [-0.25, -0.2) is 13.1 Å². The van der Waals surface area contributed by atoms with Crippen molar-refractivity contribution < 1.29 is 13.2 Å². The molecular weight excluding hydrogens is 322 g/mol. The smallest absolute Gasteiger partial charge is 0.264 e. The van der Waals surface area contributed by atoms with Crippen LogP contribution in [-0.4, -0.2) is 14.3 Å². The minimum absolute atomic E-state index is 0.0216. The Balaban J connectivity index is 1.87. The summed E-state index contributed by atoms with van der Waals surface area (Å²) in [6, 6.07) is 15.4. The third kappa shape index (κ3) is 4.86. The number of aryl methyl sites for hydroxylation is 1. The number of benzene rings is 2. The molecule has 1 amide bonds. The van der Waals surface area contributed by atoms with Crippen LogP contribution in [0.4, 0.5) is 0 Å². The zero-order valence-electron chi connectivity index (χ0n) is 11.8. The second kappa shape index (κ2) is 7.42. The summed E-state index contributed by atoms with van der Waals surface area (Å²) in [5.41, 5.74) is 1.12. The number of nitrogens with one attached hydrogen (secondary N) is 1. The van der Waals surface area contributed by atoms with E-state index < -0.39 is 15.9 Å². The molecule has 0 aliphatic rings. The zero-order chi connectivity index (χ0) is 16.0. The van der Waals surface area contributed by atoms with Gasteiger partial charge in [0.15, 0.2) is 0 Å². The first kappa shape index (κ1) is 16.5. The maximum Gasteiger partial charge on any atom is 0.264 e. The van der Waals surface area contributed by atoms with Gasteiger partial charge in [0.05, 0.1) is 4.90 Å². The standard InChI is InChI=1S/C16H16ClNO3S/c17-14-9-11-15(12-10-14)22(20,21)18-16(19)8-4-7-13-5-2-1-3-6-13/h1-3,5-6,9-12H,4,7-8H2,(H,18,19). The fourth-order valence-electron chi connectivity index (χ4n) is 1.97. The van der Waals surface area contributed by atoms with Crippen molar-refractivity contribution in [1.29, 1.82) is 0 Å². The van der Waals surface area contributed by atoms with Crippen molar-refractivity contribution in [2.75, 3.05) is 0 Å². The van der Waals surface area contributed by atoms with Gasteiger partial charge in [-0.1, -0.05) is 41.9 Å². The van der Waals surface area contributed by atoms with E-state index in [4.69, 9.17) is 11.6 Å². The van der Waals surface area contributed by atoms with E-state index in [0.29, 0.717) is 11.4 Å². The van der Waals surface area contributed by atoms with Gasteiger partial charge in [0, 0.05) is 11.4 Å². The van der Waals surface area contributed by atoms with Gasteiger partial charge in [0.2, 0.25) is 5.91 Å². The minimum Gasteiger partial charge on any atom is -0.274 e. The molecule has 116 valence electrons. The highest BCUT2D eigenvalue weighted by atomic mass is 35.5. The molecule has 1 N–H and O–H groups in total. The molecule has 0 unspecified atom stereocenters. The van der Waals surface area contributed by atoms with Crippen molar-refractivity contribution in [1.82, 2.24) is 4.72 Å². The SMILES string of the molecule is O=C(CCCc1ccccc1)NS(=O)(=O)c1ccc(Cl)cc1. The number of amides is 1. The molecule has 0 aliphatic heterocycles. The lowest BCUT2D eigenvalue weighted by Gasteiger charge is -2.07. The van der Waals surface area contributed by atoms with E-state index in [9.17, 15) is 13.2 Å². The van der Waals surface area contributed by atoms with Gasteiger partial charge < -0.3 is 0 Å². The van der Waals surface area contributed by atoms with E-state index >= 15 is 0 Å². The van der Waals surface area contributed by atoms with Crippen molar-refractivity contribution in [3.05, 3.63) is 65.2 Å². The molecule has 0 aromatic heterocycles. The Bertz CT molecular complexity index is 728. The molecule has 0 aliphatic carbocycles. The quantitative estimate of drug-likeness (QED) is 0.880. The van der Waals surface area contributed by atoms with Crippen LogP contribution in [0.25, 0.3) is 0 Å². The first-order chi connectivity index (χ1) is 10.5. The number of sulfonamides is 1. The Kier molecular flexibility index (Phi) is 5.57. The van der Waals surface area contributed by atoms with Crippen LogP contribution in [0.5, 0.6) is 0 Å². The highest BCUT2D eigenvalue weighted by Gasteiger charge is 2.17. The lowest BCUT2D eigenvalue weighted by molar-refractivity contribution is -0.119. The Morgan fingerprint density at radius 3 is 2.27 bits per heavy atom. The molecule has 6 heteroatoms. The number of halogens is 1. The normalized spacial score (nSPS) is 11.1. The minimum atomic E-state index is -3.83. The first-order valence-corrected chi connectivity index (χ1v) is 8.68. The molecule has 22 heavy (non-hydrogen) atoms. The summed E-state index contributed by atoms with van der Waals surface area (Å²) in [7, 11) is -3.83. The van der Waals surface area contributed by atoms with E-state index in [1.165, 1.54) is 24.3 Å². The number of rotatable bonds is 6. The van der Waals surface area contributed by atoms with Crippen molar-refractivity contribution in [3.63, 3.8) is 0 Å². The predicted molar refractivity (Wildman–Crippen MR) is 86.2 cm³/mol. The molecule has 0 fully saturated rings. The van der Waals surface area contributed by atoms with Crippen molar-refractivity contribution in [2.24, 2.45) is 0 Å². The maximum atomic E-state index is 12.0. The molecule has 2 aromatic rings. The summed E-state index contributed by atoms with van der Waals surface area (Å²) in [6.45, 7) is 0. The summed E-state index contributed by atoms with van der Waals surface area (Å²) in [4.78, 5) is 11.8. The molecule has 0 saturated heterocycles. The van der Waals surface area contributed by atoms with Crippen molar-refractivity contribution in [3.8, 4) is 0 Å². The Morgan fingerprint density at radius 2 is 1.64 bits per heavy atom. The van der Waals surface area contributed by atoms with Crippen LogP contribution < -0.4 is 4.72 Å². The summed E-state index contributed by atoms with van der Waals surface area (Å²) in [5, 5.41) is 0.438. The number of carbonyl (C=O) groups is 1. The zero-order valence-corrected chi connectivity index (χ0v) is 13.4. The fraction of sp³-hybridized carbons (Fsp3) is 0.188. The summed E-state index contributed by atoms with van der Waals surface area (Å²) < 4.78 is 26.1. The highest BCUT2D eigenvalue weighted by molar-refractivity contribution is 7.90. The molecule has 0 radical (unpaired) electrons. The van der Waals surface area contributed by atoms with Crippen LogP contribution in [0, 0.1) is 0 Å². The summed E-state index contributed by atoms with van der Waals surface area (Å²) >= 11 is 5.71. The van der Waals surface area contributed by atoms with Crippen LogP contribution in [0.2, 0.25) is 5.02 Å². The predicted octanol–water partition coefficient (Wildman–Crippen LogP) is 3.17.